The molecule has 0 saturated carbocycles. The number of halogens is 3. The maximum Gasteiger partial charge on any atom is 0.0465 e. The molecule has 18 heavy (non-hydrogen) atoms. The molecule has 0 aromatic heterocycles. The molecule has 0 aliphatic carbocycles. The van der Waals surface area contributed by atoms with Gasteiger partial charge in [0.05, 0.1) is 0 Å². The van der Waals surface area contributed by atoms with Crippen molar-refractivity contribution < 1.29 is 0 Å². The molecule has 0 aliphatic rings. The van der Waals surface area contributed by atoms with Crippen LogP contribution in [0.4, 0.5) is 0 Å². The van der Waals surface area contributed by atoms with Gasteiger partial charge in [0.15, 0.2) is 0 Å². The van der Waals surface area contributed by atoms with Crippen LogP contribution in [0.15, 0.2) is 46.9 Å². The predicted molar refractivity (Wildman–Crippen MR) is 81.1 cm³/mol. The highest BCUT2D eigenvalue weighted by Gasteiger charge is 2.01. The minimum absolute atomic E-state index is 0.664. The molecule has 0 amide bonds. The molecule has 0 bridgehead atoms. The molecule has 4 heteroatoms. The summed E-state index contributed by atoms with van der Waals surface area (Å²) in [5.41, 5.74) is 2.29. The van der Waals surface area contributed by atoms with Gasteiger partial charge in [0.2, 0.25) is 0 Å². The molecule has 0 spiro atoms. The summed E-state index contributed by atoms with van der Waals surface area (Å²) < 4.78 is 1.09. The molecule has 0 aliphatic heterocycles. The first kappa shape index (κ1) is 13.9. The maximum atomic E-state index is 6.10. The Bertz CT molecular complexity index is 526. The SMILES string of the molecule is Clc1ccc(CNCc2ccc(Br)cc2)c(Cl)c1. The van der Waals surface area contributed by atoms with Gasteiger partial charge < -0.3 is 5.32 Å². The Hall–Kier alpha value is -0.540. The van der Waals surface area contributed by atoms with E-state index < -0.39 is 0 Å². The molecule has 0 saturated heterocycles. The second-order valence-electron chi connectivity index (χ2n) is 3.97. The Morgan fingerprint density at radius 2 is 1.67 bits per heavy atom. The average Bonchev–Trinajstić information content (AvgIpc) is 2.34. The van der Waals surface area contributed by atoms with Gasteiger partial charge >= 0.3 is 0 Å². The molecule has 2 rings (SSSR count). The molecule has 1 N–H and O–H groups in total. The number of hydrogen-bond donors (Lipinski definition) is 1. The van der Waals surface area contributed by atoms with Gasteiger partial charge in [-0.3, -0.25) is 0 Å². The average molecular weight is 345 g/mol. The maximum absolute atomic E-state index is 6.10. The van der Waals surface area contributed by atoms with Crippen LogP contribution in [0.3, 0.4) is 0 Å². The Morgan fingerprint density at radius 1 is 0.944 bits per heavy atom. The smallest absolute Gasteiger partial charge is 0.0465 e. The van der Waals surface area contributed by atoms with Gasteiger partial charge in [-0.25, -0.2) is 0 Å². The van der Waals surface area contributed by atoms with Crippen molar-refractivity contribution in [3.63, 3.8) is 0 Å². The van der Waals surface area contributed by atoms with Crippen molar-refractivity contribution in [3.8, 4) is 0 Å². The molecule has 0 atom stereocenters. The Balaban J connectivity index is 1.90. The monoisotopic (exact) mass is 343 g/mol. The number of rotatable bonds is 4. The van der Waals surface area contributed by atoms with E-state index in [1.54, 1.807) is 6.07 Å². The van der Waals surface area contributed by atoms with E-state index >= 15 is 0 Å². The van der Waals surface area contributed by atoms with Crippen molar-refractivity contribution in [2.45, 2.75) is 13.1 Å². The van der Waals surface area contributed by atoms with Gasteiger partial charge in [0, 0.05) is 27.6 Å². The zero-order valence-electron chi connectivity index (χ0n) is 9.59. The van der Waals surface area contributed by atoms with Gasteiger partial charge in [-0.05, 0) is 35.4 Å². The molecule has 0 unspecified atom stereocenters. The second kappa shape index (κ2) is 6.58. The van der Waals surface area contributed by atoms with Crippen molar-refractivity contribution in [2.75, 3.05) is 0 Å². The summed E-state index contributed by atoms with van der Waals surface area (Å²) in [7, 11) is 0. The summed E-state index contributed by atoms with van der Waals surface area (Å²) in [5, 5.41) is 4.72. The third-order valence-corrected chi connectivity index (χ3v) is 3.69. The molecule has 0 heterocycles. The van der Waals surface area contributed by atoms with E-state index in [9.17, 15) is 0 Å². The first-order chi connectivity index (χ1) is 8.65. The van der Waals surface area contributed by atoms with Crippen LogP contribution in [-0.2, 0) is 13.1 Å². The van der Waals surface area contributed by atoms with Crippen LogP contribution < -0.4 is 5.32 Å². The Labute approximate surface area is 125 Å². The van der Waals surface area contributed by atoms with Crippen LogP contribution in [0.25, 0.3) is 0 Å². The van der Waals surface area contributed by atoms with E-state index in [1.807, 2.05) is 24.3 Å². The van der Waals surface area contributed by atoms with Gasteiger partial charge in [0.1, 0.15) is 0 Å². The quantitative estimate of drug-likeness (QED) is 0.818. The van der Waals surface area contributed by atoms with E-state index in [0.29, 0.717) is 10.0 Å². The fourth-order valence-corrected chi connectivity index (χ4v) is 2.35. The van der Waals surface area contributed by atoms with Crippen molar-refractivity contribution in [1.82, 2.24) is 5.32 Å². The Kier molecular flexibility index (Phi) is 5.07. The number of hydrogen-bond acceptors (Lipinski definition) is 1. The lowest BCUT2D eigenvalue weighted by molar-refractivity contribution is 0.693. The van der Waals surface area contributed by atoms with Crippen LogP contribution in [0.5, 0.6) is 0 Å². The van der Waals surface area contributed by atoms with E-state index in [-0.39, 0.29) is 0 Å². The highest BCUT2D eigenvalue weighted by atomic mass is 79.9. The molecule has 0 fully saturated rings. The van der Waals surface area contributed by atoms with Gasteiger partial charge in [-0.1, -0.05) is 57.3 Å². The lowest BCUT2D eigenvalue weighted by Gasteiger charge is -2.07. The van der Waals surface area contributed by atoms with Crippen LogP contribution in [0, 0.1) is 0 Å². The van der Waals surface area contributed by atoms with E-state index in [2.05, 4.69) is 33.4 Å². The first-order valence-electron chi connectivity index (χ1n) is 5.54. The summed E-state index contributed by atoms with van der Waals surface area (Å²) in [6, 6.07) is 13.8. The van der Waals surface area contributed by atoms with Crippen LogP contribution in [0.1, 0.15) is 11.1 Å². The van der Waals surface area contributed by atoms with Crippen molar-refractivity contribution in [1.29, 1.82) is 0 Å². The summed E-state index contributed by atoms with van der Waals surface area (Å²) in [6.45, 7) is 1.54. The summed E-state index contributed by atoms with van der Waals surface area (Å²) in [5.74, 6) is 0. The van der Waals surface area contributed by atoms with Gasteiger partial charge in [-0.2, -0.15) is 0 Å². The molecular weight excluding hydrogens is 333 g/mol. The van der Waals surface area contributed by atoms with E-state index in [1.165, 1.54) is 5.56 Å². The van der Waals surface area contributed by atoms with Crippen LogP contribution >= 0.6 is 39.1 Å². The Morgan fingerprint density at radius 3 is 2.33 bits per heavy atom. The van der Waals surface area contributed by atoms with Crippen LogP contribution in [0.2, 0.25) is 10.0 Å². The molecule has 94 valence electrons. The third-order valence-electron chi connectivity index (χ3n) is 2.57. The summed E-state index contributed by atoms with van der Waals surface area (Å²) >= 11 is 15.4. The minimum atomic E-state index is 0.664. The normalized spacial score (nSPS) is 10.6. The van der Waals surface area contributed by atoms with E-state index in [4.69, 9.17) is 23.2 Å². The summed E-state index contributed by atoms with van der Waals surface area (Å²) in [4.78, 5) is 0. The highest BCUT2D eigenvalue weighted by molar-refractivity contribution is 9.10. The van der Waals surface area contributed by atoms with Gasteiger partial charge in [0.25, 0.3) is 0 Å². The molecular formula is C14H12BrCl2N. The lowest BCUT2D eigenvalue weighted by Crippen LogP contribution is -2.12. The number of nitrogens with one attached hydrogen (secondary N) is 1. The highest BCUT2D eigenvalue weighted by Crippen LogP contribution is 2.20. The second-order valence-corrected chi connectivity index (χ2v) is 5.73. The number of benzene rings is 2. The standard InChI is InChI=1S/C14H12BrCl2N/c15-12-4-1-10(2-5-12)8-18-9-11-3-6-13(16)7-14(11)17/h1-7,18H,8-9H2. The lowest BCUT2D eigenvalue weighted by atomic mass is 10.2. The summed E-state index contributed by atoms with van der Waals surface area (Å²) in [6.07, 6.45) is 0. The van der Waals surface area contributed by atoms with Crippen LogP contribution in [-0.4, -0.2) is 0 Å². The zero-order chi connectivity index (χ0) is 13.0. The molecule has 2 aromatic rings. The van der Waals surface area contributed by atoms with Crippen molar-refractivity contribution in [3.05, 3.63) is 68.1 Å². The van der Waals surface area contributed by atoms with Gasteiger partial charge in [-0.15, -0.1) is 0 Å². The first-order valence-corrected chi connectivity index (χ1v) is 7.09. The van der Waals surface area contributed by atoms with E-state index in [0.717, 1.165) is 23.1 Å². The largest absolute Gasteiger partial charge is 0.309 e. The topological polar surface area (TPSA) is 12.0 Å². The van der Waals surface area contributed by atoms with Crippen molar-refractivity contribution in [2.24, 2.45) is 0 Å². The predicted octanol–water partition coefficient (Wildman–Crippen LogP) is 5.05. The van der Waals surface area contributed by atoms with Crippen molar-refractivity contribution >= 4 is 39.1 Å². The molecule has 0 radical (unpaired) electrons. The zero-order valence-corrected chi connectivity index (χ0v) is 12.7. The molecule has 2 aromatic carbocycles. The minimum Gasteiger partial charge on any atom is -0.309 e. The fourth-order valence-electron chi connectivity index (χ4n) is 1.61. The molecule has 1 nitrogen and oxygen atoms in total. The fraction of sp³-hybridized carbons (Fsp3) is 0.143. The third kappa shape index (κ3) is 3.99.